The highest BCUT2D eigenvalue weighted by molar-refractivity contribution is 7.89. The molecule has 1 amide bonds. The largest absolute Gasteiger partial charge is 0.302 e. The third kappa shape index (κ3) is 4.79. The van der Waals surface area contributed by atoms with Crippen molar-refractivity contribution in [2.75, 3.05) is 11.4 Å². The highest BCUT2D eigenvalue weighted by Crippen LogP contribution is 2.31. The molecule has 0 unspecified atom stereocenters. The van der Waals surface area contributed by atoms with Gasteiger partial charge in [0.15, 0.2) is 0 Å². The average Bonchev–Trinajstić information content (AvgIpc) is 3.55. The molecular weight excluding hydrogens is 508 g/mol. The standard InChI is InChI=1S/C31H32N4O3S/c1-22-11-13-24(14-12-22)31(36)35(26-9-4-3-5-10-26)21-29-28-20-34(18-17-30(28)33(2)32-29)39(37,38)27-16-15-23-7-6-8-25(23)19-27/h3-5,9-16,19H,6-8,17-18,20-21H2,1-2H3. The topological polar surface area (TPSA) is 75.5 Å². The Hall–Kier alpha value is -3.75. The van der Waals surface area contributed by atoms with Gasteiger partial charge in [-0.25, -0.2) is 8.42 Å². The van der Waals surface area contributed by atoms with Crippen molar-refractivity contribution in [3.63, 3.8) is 0 Å². The van der Waals surface area contributed by atoms with E-state index in [0.717, 1.165) is 47.3 Å². The van der Waals surface area contributed by atoms with Crippen LogP contribution in [0.15, 0.2) is 77.7 Å². The summed E-state index contributed by atoms with van der Waals surface area (Å²) in [6, 6.07) is 22.7. The van der Waals surface area contributed by atoms with E-state index in [-0.39, 0.29) is 19.0 Å². The molecule has 0 N–H and O–H groups in total. The van der Waals surface area contributed by atoms with Gasteiger partial charge in [0.05, 0.1) is 17.1 Å². The first-order chi connectivity index (χ1) is 18.8. The molecule has 0 bridgehead atoms. The molecule has 1 aliphatic carbocycles. The van der Waals surface area contributed by atoms with E-state index in [1.54, 1.807) is 15.3 Å². The van der Waals surface area contributed by atoms with Crippen LogP contribution >= 0.6 is 0 Å². The van der Waals surface area contributed by atoms with Crippen LogP contribution in [0.1, 0.15) is 50.4 Å². The number of rotatable bonds is 6. The molecule has 4 aromatic rings. The van der Waals surface area contributed by atoms with E-state index in [1.165, 1.54) is 5.56 Å². The van der Waals surface area contributed by atoms with Crippen LogP contribution in [0.3, 0.4) is 0 Å². The molecule has 0 saturated carbocycles. The summed E-state index contributed by atoms with van der Waals surface area (Å²) in [6.45, 7) is 2.87. The highest BCUT2D eigenvalue weighted by atomic mass is 32.2. The molecule has 8 heteroatoms. The van der Waals surface area contributed by atoms with Crippen LogP contribution in [0.5, 0.6) is 0 Å². The summed E-state index contributed by atoms with van der Waals surface area (Å²) in [5.74, 6) is -0.126. The Balaban J connectivity index is 1.32. The van der Waals surface area contributed by atoms with Crippen molar-refractivity contribution in [3.05, 3.63) is 112 Å². The molecule has 0 saturated heterocycles. The number of nitrogens with zero attached hydrogens (tertiary/aromatic N) is 4. The number of para-hydroxylation sites is 1. The first kappa shape index (κ1) is 25.5. The van der Waals surface area contributed by atoms with Gasteiger partial charge in [-0.05, 0) is 73.7 Å². The lowest BCUT2D eigenvalue weighted by atomic mass is 10.1. The molecule has 200 valence electrons. The third-order valence-corrected chi connectivity index (χ3v) is 9.76. The summed E-state index contributed by atoms with van der Waals surface area (Å²) in [5.41, 5.74) is 7.45. The van der Waals surface area contributed by atoms with Gasteiger partial charge < -0.3 is 4.90 Å². The zero-order valence-electron chi connectivity index (χ0n) is 22.3. The number of anilines is 1. The monoisotopic (exact) mass is 540 g/mol. The van der Waals surface area contributed by atoms with Crippen molar-refractivity contribution in [2.45, 2.75) is 50.6 Å². The zero-order valence-corrected chi connectivity index (χ0v) is 23.1. The Kier molecular flexibility index (Phi) is 6.61. The summed E-state index contributed by atoms with van der Waals surface area (Å²) in [7, 11) is -1.77. The lowest BCUT2D eigenvalue weighted by Crippen LogP contribution is -2.37. The Bertz CT molecular complexity index is 1640. The summed E-state index contributed by atoms with van der Waals surface area (Å²) < 4.78 is 30.8. The van der Waals surface area contributed by atoms with E-state index in [0.29, 0.717) is 29.1 Å². The van der Waals surface area contributed by atoms with Gasteiger partial charge >= 0.3 is 0 Å². The number of amides is 1. The lowest BCUT2D eigenvalue weighted by Gasteiger charge is -2.28. The van der Waals surface area contributed by atoms with Crippen LogP contribution in [-0.4, -0.2) is 35.0 Å². The summed E-state index contributed by atoms with van der Waals surface area (Å²) >= 11 is 0. The summed E-state index contributed by atoms with van der Waals surface area (Å²) in [4.78, 5) is 15.8. The fraction of sp³-hybridized carbons (Fsp3) is 0.290. The van der Waals surface area contributed by atoms with Crippen LogP contribution in [0, 0.1) is 6.92 Å². The summed E-state index contributed by atoms with van der Waals surface area (Å²) in [5, 5.41) is 4.79. The van der Waals surface area contributed by atoms with Gasteiger partial charge in [-0.15, -0.1) is 0 Å². The Morgan fingerprint density at radius 1 is 0.949 bits per heavy atom. The highest BCUT2D eigenvalue weighted by Gasteiger charge is 2.33. The second kappa shape index (κ2) is 10.1. The molecule has 6 rings (SSSR count). The van der Waals surface area contributed by atoms with Crippen molar-refractivity contribution in [2.24, 2.45) is 7.05 Å². The van der Waals surface area contributed by atoms with Crippen molar-refractivity contribution in [1.29, 1.82) is 0 Å². The molecule has 7 nitrogen and oxygen atoms in total. The average molecular weight is 541 g/mol. The van der Waals surface area contributed by atoms with Crippen LogP contribution in [0.2, 0.25) is 0 Å². The third-order valence-electron chi connectivity index (χ3n) is 7.92. The van der Waals surface area contributed by atoms with Gasteiger partial charge in [0.25, 0.3) is 5.91 Å². The van der Waals surface area contributed by atoms with Crippen molar-refractivity contribution in [3.8, 4) is 0 Å². The Labute approximate surface area is 229 Å². The second-order valence-electron chi connectivity index (χ2n) is 10.5. The molecule has 39 heavy (non-hydrogen) atoms. The number of hydrogen-bond donors (Lipinski definition) is 0. The van der Waals surface area contributed by atoms with E-state index in [1.807, 2.05) is 85.4 Å². The van der Waals surface area contributed by atoms with Gasteiger partial charge in [0.1, 0.15) is 0 Å². The van der Waals surface area contributed by atoms with E-state index < -0.39 is 10.0 Å². The number of carbonyl (C=O) groups excluding carboxylic acids is 1. The van der Waals surface area contributed by atoms with Crippen molar-refractivity contribution < 1.29 is 13.2 Å². The molecule has 0 fully saturated rings. The number of sulfonamides is 1. The van der Waals surface area contributed by atoms with E-state index in [2.05, 4.69) is 0 Å². The second-order valence-corrected chi connectivity index (χ2v) is 12.4. The molecule has 0 radical (unpaired) electrons. The smallest absolute Gasteiger partial charge is 0.258 e. The molecule has 1 aliphatic heterocycles. The molecule has 2 heterocycles. The summed E-state index contributed by atoms with van der Waals surface area (Å²) in [6.07, 6.45) is 3.59. The zero-order chi connectivity index (χ0) is 27.1. The fourth-order valence-corrected chi connectivity index (χ4v) is 7.18. The minimum absolute atomic E-state index is 0.126. The van der Waals surface area contributed by atoms with Gasteiger partial charge in [-0.2, -0.15) is 9.40 Å². The van der Waals surface area contributed by atoms with Gasteiger partial charge in [-0.3, -0.25) is 9.48 Å². The van der Waals surface area contributed by atoms with Crippen molar-refractivity contribution in [1.82, 2.24) is 14.1 Å². The SMILES string of the molecule is Cc1ccc(C(=O)N(Cc2nn(C)c3c2CN(S(=O)(=O)c2ccc4c(c2)CCC4)CC3)c2ccccc2)cc1. The molecule has 1 aromatic heterocycles. The number of hydrogen-bond acceptors (Lipinski definition) is 4. The van der Waals surface area contributed by atoms with E-state index >= 15 is 0 Å². The van der Waals surface area contributed by atoms with Gasteiger partial charge in [0, 0.05) is 49.1 Å². The van der Waals surface area contributed by atoms with Crippen LogP contribution in [0.25, 0.3) is 0 Å². The maximum Gasteiger partial charge on any atom is 0.258 e. The quantitative estimate of drug-likeness (QED) is 0.352. The predicted molar refractivity (Wildman–Crippen MR) is 151 cm³/mol. The van der Waals surface area contributed by atoms with Crippen LogP contribution in [0.4, 0.5) is 5.69 Å². The van der Waals surface area contributed by atoms with E-state index in [9.17, 15) is 13.2 Å². The van der Waals surface area contributed by atoms with E-state index in [4.69, 9.17) is 5.10 Å². The van der Waals surface area contributed by atoms with Crippen LogP contribution < -0.4 is 4.90 Å². The number of aryl methyl sites for hydroxylation is 4. The fourth-order valence-electron chi connectivity index (χ4n) is 5.72. The minimum atomic E-state index is -3.66. The maximum atomic E-state index is 13.7. The Morgan fingerprint density at radius 2 is 1.69 bits per heavy atom. The Morgan fingerprint density at radius 3 is 2.46 bits per heavy atom. The number of aromatic nitrogens is 2. The first-order valence-corrected chi connectivity index (χ1v) is 14.8. The lowest BCUT2D eigenvalue weighted by molar-refractivity contribution is 0.0984. The number of fused-ring (bicyclic) bond motifs is 2. The van der Waals surface area contributed by atoms with Crippen LogP contribution in [-0.2, 0) is 49.4 Å². The van der Waals surface area contributed by atoms with Crippen molar-refractivity contribution >= 4 is 21.6 Å². The molecular formula is C31H32N4O3S. The number of carbonyl (C=O) groups is 1. The number of benzene rings is 3. The molecule has 0 spiro atoms. The molecule has 0 atom stereocenters. The van der Waals surface area contributed by atoms with Gasteiger partial charge in [-0.1, -0.05) is 42.0 Å². The molecule has 3 aromatic carbocycles. The minimum Gasteiger partial charge on any atom is -0.302 e. The van der Waals surface area contributed by atoms with Gasteiger partial charge in [0.2, 0.25) is 10.0 Å². The maximum absolute atomic E-state index is 13.7. The predicted octanol–water partition coefficient (Wildman–Crippen LogP) is 4.81. The molecule has 2 aliphatic rings. The normalized spacial score (nSPS) is 15.1. The first-order valence-electron chi connectivity index (χ1n) is 13.4.